The Morgan fingerprint density at radius 2 is 2.58 bits per heavy atom. The van der Waals surface area contributed by atoms with Gasteiger partial charge in [-0.2, -0.15) is 5.21 Å². The molecule has 0 atom stereocenters. The first-order valence-electron chi connectivity index (χ1n) is 3.25. The van der Waals surface area contributed by atoms with E-state index >= 15 is 0 Å². The van der Waals surface area contributed by atoms with E-state index in [0.29, 0.717) is 5.82 Å². The topological polar surface area (TPSA) is 83.6 Å². The summed E-state index contributed by atoms with van der Waals surface area (Å²) in [4.78, 5) is 10.8. The third-order valence-corrected chi connectivity index (χ3v) is 1.10. The highest BCUT2D eigenvalue weighted by atomic mass is 16.1. The van der Waals surface area contributed by atoms with Crippen molar-refractivity contribution in [2.24, 2.45) is 0 Å². The molecule has 1 amide bonds. The summed E-state index contributed by atoms with van der Waals surface area (Å²) >= 11 is 0. The van der Waals surface area contributed by atoms with Crippen LogP contribution >= 0.6 is 0 Å². The van der Waals surface area contributed by atoms with Gasteiger partial charge in [-0.25, -0.2) is 0 Å². The maximum Gasteiger partial charge on any atom is 0.232 e. The third kappa shape index (κ3) is 2.38. The second-order valence-electron chi connectivity index (χ2n) is 1.99. The van der Waals surface area contributed by atoms with Crippen LogP contribution in [0.4, 0.5) is 0 Å². The van der Waals surface area contributed by atoms with Crippen molar-refractivity contribution in [1.29, 1.82) is 0 Å². The zero-order valence-corrected chi connectivity index (χ0v) is 6.24. The maximum atomic E-state index is 10.8. The summed E-state index contributed by atoms with van der Waals surface area (Å²) in [7, 11) is 0. The number of tetrazole rings is 1. The lowest BCUT2D eigenvalue weighted by molar-refractivity contribution is -0.120. The number of carbonyl (C=O) groups is 1. The zero-order chi connectivity index (χ0) is 8.81. The summed E-state index contributed by atoms with van der Waals surface area (Å²) in [6, 6.07) is 0. The number of nitrogens with zero attached hydrogens (tertiary/aromatic N) is 3. The number of nitrogens with one attached hydrogen (secondary N) is 2. The molecule has 0 aliphatic rings. The number of hydrogen-bond acceptors (Lipinski definition) is 4. The van der Waals surface area contributed by atoms with Crippen LogP contribution in [0.1, 0.15) is 12.2 Å². The van der Waals surface area contributed by atoms with Gasteiger partial charge in [-0.05, 0) is 0 Å². The predicted molar refractivity (Wildman–Crippen MR) is 39.5 cm³/mol. The van der Waals surface area contributed by atoms with E-state index in [2.05, 4.69) is 31.9 Å². The highest BCUT2D eigenvalue weighted by Crippen LogP contribution is 1.82. The molecule has 0 bridgehead atoms. The van der Waals surface area contributed by atoms with Crippen LogP contribution in [-0.2, 0) is 11.3 Å². The Kier molecular flexibility index (Phi) is 2.79. The first kappa shape index (κ1) is 8.20. The average molecular weight is 165 g/mol. The van der Waals surface area contributed by atoms with Crippen LogP contribution in [0, 0.1) is 12.3 Å². The molecule has 1 rings (SSSR count). The lowest BCUT2D eigenvalue weighted by Gasteiger charge is -1.96. The van der Waals surface area contributed by atoms with Gasteiger partial charge in [0.15, 0.2) is 5.82 Å². The predicted octanol–water partition coefficient (Wildman–Crippen LogP) is -1.16. The van der Waals surface area contributed by atoms with Crippen LogP contribution in [0.15, 0.2) is 0 Å². The summed E-state index contributed by atoms with van der Waals surface area (Å²) in [6.45, 7) is 0.247. The van der Waals surface area contributed by atoms with Gasteiger partial charge < -0.3 is 5.32 Å². The number of aromatic amines is 1. The maximum absolute atomic E-state index is 10.8. The fourth-order valence-electron chi connectivity index (χ4n) is 0.590. The Morgan fingerprint density at radius 3 is 3.17 bits per heavy atom. The Hall–Kier alpha value is -1.90. The molecule has 0 radical (unpaired) electrons. The van der Waals surface area contributed by atoms with Gasteiger partial charge >= 0.3 is 0 Å². The molecule has 0 aromatic carbocycles. The van der Waals surface area contributed by atoms with Crippen LogP contribution in [0.25, 0.3) is 0 Å². The fraction of sp³-hybridized carbons (Fsp3) is 0.333. The van der Waals surface area contributed by atoms with Crippen molar-refractivity contribution < 1.29 is 4.79 Å². The van der Waals surface area contributed by atoms with E-state index < -0.39 is 0 Å². The molecular formula is C6H7N5O. The average Bonchev–Trinajstić information content (AvgIpc) is 2.53. The molecule has 6 nitrogen and oxygen atoms in total. The van der Waals surface area contributed by atoms with Crippen molar-refractivity contribution in [1.82, 2.24) is 25.9 Å². The van der Waals surface area contributed by atoms with Gasteiger partial charge in [0.1, 0.15) is 0 Å². The number of amides is 1. The Labute approximate surface area is 68.7 Å². The molecule has 62 valence electrons. The number of terminal acetylenes is 1. The van der Waals surface area contributed by atoms with E-state index in [1.807, 2.05) is 0 Å². The molecule has 12 heavy (non-hydrogen) atoms. The van der Waals surface area contributed by atoms with Crippen LogP contribution in [0.2, 0.25) is 0 Å². The SMILES string of the molecule is C#CCC(=O)NCc1nn[nH]n1. The van der Waals surface area contributed by atoms with Crippen molar-refractivity contribution >= 4 is 5.91 Å². The van der Waals surface area contributed by atoms with E-state index in [4.69, 9.17) is 6.42 Å². The lowest BCUT2D eigenvalue weighted by atomic mass is 10.4. The molecule has 0 saturated carbocycles. The van der Waals surface area contributed by atoms with Gasteiger partial charge in [0.05, 0.1) is 13.0 Å². The minimum absolute atomic E-state index is 0.0673. The van der Waals surface area contributed by atoms with Gasteiger partial charge in [-0.15, -0.1) is 16.6 Å². The number of rotatable bonds is 3. The van der Waals surface area contributed by atoms with Gasteiger partial charge in [-0.3, -0.25) is 4.79 Å². The summed E-state index contributed by atoms with van der Waals surface area (Å²) in [5.74, 6) is 2.43. The van der Waals surface area contributed by atoms with Crippen LogP contribution in [-0.4, -0.2) is 26.5 Å². The molecule has 6 heteroatoms. The fourth-order valence-corrected chi connectivity index (χ4v) is 0.590. The second kappa shape index (κ2) is 4.08. The number of hydrogen-bond donors (Lipinski definition) is 2. The lowest BCUT2D eigenvalue weighted by Crippen LogP contribution is -2.22. The molecule has 2 N–H and O–H groups in total. The van der Waals surface area contributed by atoms with Crippen molar-refractivity contribution in [3.05, 3.63) is 5.82 Å². The van der Waals surface area contributed by atoms with E-state index in [1.165, 1.54) is 0 Å². The van der Waals surface area contributed by atoms with Crippen molar-refractivity contribution in [3.8, 4) is 12.3 Å². The van der Waals surface area contributed by atoms with Crippen molar-refractivity contribution in [2.75, 3.05) is 0 Å². The molecule has 0 saturated heterocycles. The highest BCUT2D eigenvalue weighted by Gasteiger charge is 2.00. The second-order valence-corrected chi connectivity index (χ2v) is 1.99. The number of H-pyrrole nitrogens is 1. The van der Waals surface area contributed by atoms with Gasteiger partial charge in [-0.1, -0.05) is 11.1 Å². The van der Waals surface area contributed by atoms with E-state index in [1.54, 1.807) is 0 Å². The minimum atomic E-state index is -0.220. The normalized spacial score (nSPS) is 8.92. The summed E-state index contributed by atoms with van der Waals surface area (Å²) in [5, 5.41) is 15.4. The van der Waals surface area contributed by atoms with E-state index in [9.17, 15) is 4.79 Å². The van der Waals surface area contributed by atoms with Crippen LogP contribution < -0.4 is 5.32 Å². The van der Waals surface area contributed by atoms with Crippen LogP contribution in [0.3, 0.4) is 0 Å². The highest BCUT2D eigenvalue weighted by molar-refractivity contribution is 5.78. The molecule has 1 heterocycles. The Morgan fingerprint density at radius 1 is 1.75 bits per heavy atom. The first-order chi connectivity index (χ1) is 5.83. The van der Waals surface area contributed by atoms with Crippen molar-refractivity contribution in [2.45, 2.75) is 13.0 Å². The van der Waals surface area contributed by atoms with Gasteiger partial charge in [0, 0.05) is 0 Å². The summed E-state index contributed by atoms with van der Waals surface area (Å²) in [5.41, 5.74) is 0. The van der Waals surface area contributed by atoms with E-state index in [0.717, 1.165) is 0 Å². The third-order valence-electron chi connectivity index (χ3n) is 1.10. The first-order valence-corrected chi connectivity index (χ1v) is 3.25. The summed E-state index contributed by atoms with van der Waals surface area (Å²) in [6.07, 6.45) is 4.99. The summed E-state index contributed by atoms with van der Waals surface area (Å²) < 4.78 is 0. The molecule has 0 fully saturated rings. The smallest absolute Gasteiger partial charge is 0.232 e. The van der Waals surface area contributed by atoms with E-state index in [-0.39, 0.29) is 18.9 Å². The quantitative estimate of drug-likeness (QED) is 0.553. The molecule has 0 unspecified atom stereocenters. The number of aromatic nitrogens is 4. The molecule has 1 aromatic rings. The molecule has 0 aliphatic heterocycles. The van der Waals surface area contributed by atoms with Crippen molar-refractivity contribution in [3.63, 3.8) is 0 Å². The Balaban J connectivity index is 2.28. The standard InChI is InChI=1S/C6H7N5O/c1-2-3-6(12)7-4-5-8-10-11-9-5/h1H,3-4H2,(H,7,12)(H,8,9,10,11). The van der Waals surface area contributed by atoms with Gasteiger partial charge in [0.25, 0.3) is 0 Å². The molecule has 1 aromatic heterocycles. The minimum Gasteiger partial charge on any atom is -0.348 e. The van der Waals surface area contributed by atoms with Crippen LogP contribution in [0.5, 0.6) is 0 Å². The molecule has 0 aliphatic carbocycles. The molecular weight excluding hydrogens is 158 g/mol. The molecule has 0 spiro atoms. The largest absolute Gasteiger partial charge is 0.348 e. The Bertz CT molecular complexity index is 285. The van der Waals surface area contributed by atoms with Gasteiger partial charge in [0.2, 0.25) is 5.91 Å². The monoisotopic (exact) mass is 165 g/mol. The number of carbonyl (C=O) groups excluding carboxylic acids is 1. The zero-order valence-electron chi connectivity index (χ0n) is 6.24.